The van der Waals surface area contributed by atoms with Crippen LogP contribution in [0.15, 0.2) is 24.3 Å². The van der Waals surface area contributed by atoms with E-state index in [-0.39, 0.29) is 0 Å². The quantitative estimate of drug-likeness (QED) is 0.869. The highest BCUT2D eigenvalue weighted by molar-refractivity contribution is 5.84. The van der Waals surface area contributed by atoms with Gasteiger partial charge in [0.25, 0.3) is 0 Å². The van der Waals surface area contributed by atoms with Crippen molar-refractivity contribution in [2.75, 3.05) is 18.4 Å². The summed E-state index contributed by atoms with van der Waals surface area (Å²) >= 11 is 0. The third-order valence-electron chi connectivity index (χ3n) is 3.32. The lowest BCUT2D eigenvalue weighted by molar-refractivity contribution is 0.0636. The fraction of sp³-hybridized carbons (Fsp3) is 0.562. The Hall–Kier alpha value is -1.55. The molecule has 1 aromatic rings. The molecule has 110 valence electrons. The van der Waals surface area contributed by atoms with Gasteiger partial charge < -0.3 is 10.1 Å². The van der Waals surface area contributed by atoms with Gasteiger partial charge in [-0.1, -0.05) is 12.1 Å². The van der Waals surface area contributed by atoms with E-state index in [1.165, 1.54) is 18.4 Å². The number of carbonyl (C=O) groups is 1. The molecule has 1 heterocycles. The SMILES string of the molecule is CC(C)(C)OC(=O)Nc1ccc(C2CCCNC2)cc1. The van der Waals surface area contributed by atoms with Crippen LogP contribution in [0, 0.1) is 0 Å². The zero-order chi connectivity index (χ0) is 14.6. The number of anilines is 1. The number of hydrogen-bond acceptors (Lipinski definition) is 3. The highest BCUT2D eigenvalue weighted by atomic mass is 16.6. The van der Waals surface area contributed by atoms with E-state index in [1.54, 1.807) is 0 Å². The average molecular weight is 276 g/mol. The summed E-state index contributed by atoms with van der Waals surface area (Å²) in [6.45, 7) is 7.72. The van der Waals surface area contributed by atoms with Crippen molar-refractivity contribution in [3.63, 3.8) is 0 Å². The van der Waals surface area contributed by atoms with Crippen LogP contribution in [-0.2, 0) is 4.74 Å². The highest BCUT2D eigenvalue weighted by Crippen LogP contribution is 2.24. The van der Waals surface area contributed by atoms with Gasteiger partial charge in [-0.2, -0.15) is 0 Å². The van der Waals surface area contributed by atoms with E-state index in [2.05, 4.69) is 22.8 Å². The number of amides is 1. The first-order chi connectivity index (χ1) is 9.44. The van der Waals surface area contributed by atoms with E-state index in [4.69, 9.17) is 4.74 Å². The van der Waals surface area contributed by atoms with Crippen molar-refractivity contribution < 1.29 is 9.53 Å². The van der Waals surface area contributed by atoms with E-state index >= 15 is 0 Å². The second-order valence-corrected chi connectivity index (χ2v) is 6.29. The van der Waals surface area contributed by atoms with Crippen LogP contribution in [0.5, 0.6) is 0 Å². The van der Waals surface area contributed by atoms with Gasteiger partial charge in [0, 0.05) is 12.2 Å². The van der Waals surface area contributed by atoms with Crippen LogP contribution in [0.3, 0.4) is 0 Å². The summed E-state index contributed by atoms with van der Waals surface area (Å²) in [6, 6.07) is 8.05. The molecule has 0 aliphatic carbocycles. The Balaban J connectivity index is 1.92. The van der Waals surface area contributed by atoms with Crippen LogP contribution < -0.4 is 10.6 Å². The molecule has 0 spiro atoms. The number of piperidine rings is 1. The number of hydrogen-bond donors (Lipinski definition) is 2. The Kier molecular flexibility index (Phi) is 4.65. The molecule has 4 nitrogen and oxygen atoms in total. The molecular formula is C16H24N2O2. The molecule has 1 amide bonds. The molecule has 1 saturated heterocycles. The van der Waals surface area contributed by atoms with Crippen LogP contribution in [0.4, 0.5) is 10.5 Å². The molecule has 2 N–H and O–H groups in total. The second kappa shape index (κ2) is 6.27. The van der Waals surface area contributed by atoms with Crippen LogP contribution in [0.25, 0.3) is 0 Å². The molecule has 0 radical (unpaired) electrons. The first-order valence-corrected chi connectivity index (χ1v) is 7.25. The van der Waals surface area contributed by atoms with Crippen molar-refractivity contribution >= 4 is 11.8 Å². The van der Waals surface area contributed by atoms with Crippen molar-refractivity contribution in [1.82, 2.24) is 5.32 Å². The first-order valence-electron chi connectivity index (χ1n) is 7.25. The summed E-state index contributed by atoms with van der Waals surface area (Å²) in [5.41, 5.74) is 1.62. The molecule has 1 aromatic carbocycles. The minimum atomic E-state index is -0.474. The highest BCUT2D eigenvalue weighted by Gasteiger charge is 2.17. The summed E-state index contributed by atoms with van der Waals surface area (Å²) in [6.07, 6.45) is 2.04. The monoisotopic (exact) mass is 276 g/mol. The zero-order valence-corrected chi connectivity index (χ0v) is 12.5. The van der Waals surface area contributed by atoms with Crippen LogP contribution in [0.2, 0.25) is 0 Å². The maximum atomic E-state index is 11.7. The summed E-state index contributed by atoms with van der Waals surface area (Å²) in [5, 5.41) is 6.17. The fourth-order valence-electron chi connectivity index (χ4n) is 2.40. The fourth-order valence-corrected chi connectivity index (χ4v) is 2.40. The molecule has 0 aromatic heterocycles. The van der Waals surface area contributed by atoms with Gasteiger partial charge in [0.2, 0.25) is 0 Å². The molecule has 20 heavy (non-hydrogen) atoms. The lowest BCUT2D eigenvalue weighted by Crippen LogP contribution is -2.28. The van der Waals surface area contributed by atoms with Gasteiger partial charge in [0.05, 0.1) is 0 Å². The van der Waals surface area contributed by atoms with Gasteiger partial charge in [-0.25, -0.2) is 4.79 Å². The maximum absolute atomic E-state index is 11.7. The maximum Gasteiger partial charge on any atom is 0.412 e. The third-order valence-corrected chi connectivity index (χ3v) is 3.32. The van der Waals surface area contributed by atoms with Crippen LogP contribution >= 0.6 is 0 Å². The van der Waals surface area contributed by atoms with Crippen molar-refractivity contribution in [3.05, 3.63) is 29.8 Å². The molecule has 2 rings (SSSR count). The normalized spacial score (nSPS) is 19.4. The number of ether oxygens (including phenoxy) is 1. The number of nitrogens with one attached hydrogen (secondary N) is 2. The molecular weight excluding hydrogens is 252 g/mol. The smallest absolute Gasteiger partial charge is 0.412 e. The van der Waals surface area contributed by atoms with Gasteiger partial charge in [-0.15, -0.1) is 0 Å². The van der Waals surface area contributed by atoms with E-state index in [9.17, 15) is 4.79 Å². The lowest BCUT2D eigenvalue weighted by Gasteiger charge is -2.23. The Morgan fingerprint density at radius 2 is 2.00 bits per heavy atom. The Morgan fingerprint density at radius 1 is 1.30 bits per heavy atom. The Morgan fingerprint density at radius 3 is 2.55 bits per heavy atom. The Labute approximate surface area is 120 Å². The summed E-state index contributed by atoms with van der Waals surface area (Å²) in [7, 11) is 0. The zero-order valence-electron chi connectivity index (χ0n) is 12.5. The summed E-state index contributed by atoms with van der Waals surface area (Å²) in [4.78, 5) is 11.7. The van der Waals surface area contributed by atoms with Crippen molar-refractivity contribution in [2.45, 2.75) is 45.1 Å². The Bertz CT molecular complexity index is 443. The number of rotatable bonds is 2. The second-order valence-electron chi connectivity index (χ2n) is 6.29. The molecule has 1 atom stereocenters. The largest absolute Gasteiger partial charge is 0.444 e. The van der Waals surface area contributed by atoms with Gasteiger partial charge in [0.15, 0.2) is 0 Å². The molecule has 0 bridgehead atoms. The summed E-state index contributed by atoms with van der Waals surface area (Å²) in [5.74, 6) is 0.583. The van der Waals surface area contributed by atoms with E-state index in [0.717, 1.165) is 18.8 Å². The summed E-state index contributed by atoms with van der Waals surface area (Å²) < 4.78 is 5.23. The van der Waals surface area contributed by atoms with Crippen molar-refractivity contribution in [1.29, 1.82) is 0 Å². The predicted molar refractivity (Wildman–Crippen MR) is 81.1 cm³/mol. The van der Waals surface area contributed by atoms with E-state index < -0.39 is 11.7 Å². The van der Waals surface area contributed by atoms with E-state index in [0.29, 0.717) is 5.92 Å². The predicted octanol–water partition coefficient (Wildman–Crippen LogP) is 3.50. The third kappa shape index (κ3) is 4.53. The number of carbonyl (C=O) groups excluding carboxylic acids is 1. The van der Waals surface area contributed by atoms with E-state index in [1.807, 2.05) is 32.9 Å². The standard InChI is InChI=1S/C16H24N2O2/c1-16(2,3)20-15(19)18-14-8-6-12(7-9-14)13-5-4-10-17-11-13/h6-9,13,17H,4-5,10-11H2,1-3H3,(H,18,19). The van der Waals surface area contributed by atoms with Crippen molar-refractivity contribution in [3.8, 4) is 0 Å². The minimum absolute atomic E-state index is 0.412. The number of benzene rings is 1. The van der Waals surface area contributed by atoms with Gasteiger partial charge in [-0.3, -0.25) is 5.32 Å². The molecule has 4 heteroatoms. The first kappa shape index (κ1) is 14.9. The van der Waals surface area contributed by atoms with Crippen molar-refractivity contribution in [2.24, 2.45) is 0 Å². The van der Waals surface area contributed by atoms with Gasteiger partial charge in [-0.05, 0) is 63.8 Å². The molecule has 1 aliphatic heterocycles. The lowest BCUT2D eigenvalue weighted by atomic mass is 9.92. The molecule has 1 fully saturated rings. The van der Waals surface area contributed by atoms with Gasteiger partial charge >= 0.3 is 6.09 Å². The topological polar surface area (TPSA) is 50.4 Å². The molecule has 0 saturated carbocycles. The molecule has 1 aliphatic rings. The van der Waals surface area contributed by atoms with Crippen LogP contribution in [0.1, 0.15) is 45.1 Å². The molecule has 1 unspecified atom stereocenters. The van der Waals surface area contributed by atoms with Gasteiger partial charge in [0.1, 0.15) is 5.60 Å². The van der Waals surface area contributed by atoms with Crippen LogP contribution in [-0.4, -0.2) is 24.8 Å². The average Bonchev–Trinajstić information content (AvgIpc) is 2.38. The minimum Gasteiger partial charge on any atom is -0.444 e.